The molecular formula is C20H18N2S. The van der Waals surface area contributed by atoms with Crippen molar-refractivity contribution >= 4 is 35.0 Å². The highest BCUT2D eigenvalue weighted by atomic mass is 32.1. The highest BCUT2D eigenvalue weighted by Crippen LogP contribution is 2.20. The summed E-state index contributed by atoms with van der Waals surface area (Å²) >= 11 is 1.73. The first kappa shape index (κ1) is 15.3. The lowest BCUT2D eigenvalue weighted by molar-refractivity contribution is 1.40. The molecule has 0 fully saturated rings. The van der Waals surface area contributed by atoms with E-state index in [1.165, 1.54) is 4.88 Å². The van der Waals surface area contributed by atoms with Crippen LogP contribution in [0.3, 0.4) is 0 Å². The van der Waals surface area contributed by atoms with Crippen LogP contribution in [0.2, 0.25) is 0 Å². The maximum absolute atomic E-state index is 4.49. The number of allylic oxidation sites excluding steroid dienone is 1. The molecule has 23 heavy (non-hydrogen) atoms. The summed E-state index contributed by atoms with van der Waals surface area (Å²) in [5.41, 5.74) is 3.19. The van der Waals surface area contributed by atoms with Gasteiger partial charge in [-0.15, -0.1) is 11.3 Å². The Hall–Kier alpha value is -2.65. The number of para-hydroxylation sites is 2. The lowest BCUT2D eigenvalue weighted by Crippen LogP contribution is -1.93. The zero-order valence-corrected chi connectivity index (χ0v) is 13.8. The van der Waals surface area contributed by atoms with Crippen molar-refractivity contribution in [2.45, 2.75) is 6.92 Å². The second-order valence-corrected chi connectivity index (χ2v) is 6.30. The van der Waals surface area contributed by atoms with E-state index >= 15 is 0 Å². The van der Waals surface area contributed by atoms with Crippen molar-refractivity contribution in [1.29, 1.82) is 0 Å². The lowest BCUT2D eigenvalue weighted by Gasteiger charge is -2.05. The molecule has 3 aromatic rings. The summed E-state index contributed by atoms with van der Waals surface area (Å²) in [4.78, 5) is 6.84. The first-order valence-corrected chi connectivity index (χ1v) is 8.30. The molecule has 3 rings (SSSR count). The quantitative estimate of drug-likeness (QED) is 0.576. The number of anilines is 1. The molecule has 0 saturated carbocycles. The third-order valence-electron chi connectivity index (χ3n) is 3.22. The Balaban J connectivity index is 1.67. The van der Waals surface area contributed by atoms with Crippen molar-refractivity contribution in [3.63, 3.8) is 0 Å². The largest absolute Gasteiger partial charge is 0.359 e. The molecule has 114 valence electrons. The minimum Gasteiger partial charge on any atom is -0.359 e. The molecule has 1 aromatic heterocycles. The van der Waals surface area contributed by atoms with Crippen LogP contribution < -0.4 is 5.32 Å². The van der Waals surface area contributed by atoms with Crippen molar-refractivity contribution < 1.29 is 0 Å². The van der Waals surface area contributed by atoms with Gasteiger partial charge in [-0.25, -0.2) is 0 Å². The molecule has 0 atom stereocenters. The smallest absolute Gasteiger partial charge is 0.0630 e. The molecule has 2 nitrogen and oxygen atoms in total. The van der Waals surface area contributed by atoms with Crippen molar-refractivity contribution in [2.75, 3.05) is 5.32 Å². The topological polar surface area (TPSA) is 24.4 Å². The second-order valence-electron chi connectivity index (χ2n) is 5.15. The van der Waals surface area contributed by atoms with E-state index in [9.17, 15) is 0 Å². The molecule has 1 N–H and O–H groups in total. The van der Waals surface area contributed by atoms with Gasteiger partial charge >= 0.3 is 0 Å². The van der Waals surface area contributed by atoms with Gasteiger partial charge in [0.2, 0.25) is 0 Å². The maximum Gasteiger partial charge on any atom is 0.0630 e. The monoisotopic (exact) mass is 318 g/mol. The first-order valence-electron chi connectivity index (χ1n) is 7.49. The normalized spacial score (nSPS) is 11.8. The predicted octanol–water partition coefficient (Wildman–Crippen LogP) is 5.97. The van der Waals surface area contributed by atoms with Crippen LogP contribution >= 0.6 is 11.3 Å². The molecule has 0 aliphatic carbocycles. The van der Waals surface area contributed by atoms with Crippen LogP contribution in [0.15, 0.2) is 83.5 Å². The number of benzene rings is 2. The van der Waals surface area contributed by atoms with E-state index in [0.29, 0.717) is 0 Å². The Morgan fingerprint density at radius 2 is 1.52 bits per heavy atom. The Morgan fingerprint density at radius 3 is 2.26 bits per heavy atom. The zero-order chi connectivity index (χ0) is 15.9. The summed E-state index contributed by atoms with van der Waals surface area (Å²) in [6.07, 6.45) is 4.06. The highest BCUT2D eigenvalue weighted by Gasteiger charge is 1.97. The van der Waals surface area contributed by atoms with E-state index in [2.05, 4.69) is 47.6 Å². The Labute approximate surface area is 140 Å². The van der Waals surface area contributed by atoms with E-state index in [1.807, 2.05) is 54.7 Å². The molecule has 0 bridgehead atoms. The van der Waals surface area contributed by atoms with Gasteiger partial charge in [0.25, 0.3) is 0 Å². The van der Waals surface area contributed by atoms with Crippen LogP contribution in [0.4, 0.5) is 11.4 Å². The minimum absolute atomic E-state index is 0.972. The molecular weight excluding hydrogens is 300 g/mol. The number of aliphatic imine (C=N–C) groups is 1. The van der Waals surface area contributed by atoms with Crippen molar-refractivity contribution in [2.24, 2.45) is 4.99 Å². The van der Waals surface area contributed by atoms with Crippen LogP contribution in [-0.2, 0) is 0 Å². The molecule has 0 amide bonds. The Kier molecular flexibility index (Phi) is 5.02. The van der Waals surface area contributed by atoms with Crippen LogP contribution in [0.25, 0.3) is 6.08 Å². The van der Waals surface area contributed by atoms with Gasteiger partial charge in [0.05, 0.1) is 5.69 Å². The molecule has 0 aliphatic heterocycles. The maximum atomic E-state index is 4.49. The fourth-order valence-corrected chi connectivity index (χ4v) is 3.05. The molecule has 3 heteroatoms. The van der Waals surface area contributed by atoms with Crippen LogP contribution in [0, 0.1) is 0 Å². The summed E-state index contributed by atoms with van der Waals surface area (Å²) in [6, 6.07) is 24.4. The van der Waals surface area contributed by atoms with Gasteiger partial charge < -0.3 is 5.32 Å². The van der Waals surface area contributed by atoms with Gasteiger partial charge in [0.15, 0.2) is 0 Å². The third kappa shape index (κ3) is 4.66. The number of hydrogen-bond acceptors (Lipinski definition) is 3. The Bertz CT molecular complexity index is 802. The van der Waals surface area contributed by atoms with Crippen LogP contribution in [0.5, 0.6) is 0 Å². The number of hydrogen-bond donors (Lipinski definition) is 1. The molecule has 0 unspecified atom stereocenters. The highest BCUT2D eigenvalue weighted by molar-refractivity contribution is 7.14. The summed E-state index contributed by atoms with van der Waals surface area (Å²) in [6.45, 7) is 2.07. The fourth-order valence-electron chi connectivity index (χ4n) is 2.17. The predicted molar refractivity (Wildman–Crippen MR) is 102 cm³/mol. The molecule has 0 aliphatic rings. The van der Waals surface area contributed by atoms with Gasteiger partial charge in [-0.3, -0.25) is 4.99 Å². The minimum atomic E-state index is 0.972. The van der Waals surface area contributed by atoms with E-state index in [4.69, 9.17) is 0 Å². The summed E-state index contributed by atoms with van der Waals surface area (Å²) in [5, 5.41) is 3.39. The summed E-state index contributed by atoms with van der Waals surface area (Å²) in [7, 11) is 0. The van der Waals surface area contributed by atoms with Crippen molar-refractivity contribution in [1.82, 2.24) is 0 Å². The van der Waals surface area contributed by atoms with Gasteiger partial charge in [-0.1, -0.05) is 36.4 Å². The lowest BCUT2D eigenvalue weighted by atomic mass is 10.3. The van der Waals surface area contributed by atoms with E-state index in [0.717, 1.165) is 21.9 Å². The van der Waals surface area contributed by atoms with Gasteiger partial charge in [0.1, 0.15) is 0 Å². The average molecular weight is 318 g/mol. The van der Waals surface area contributed by atoms with Gasteiger partial charge in [-0.05, 0) is 49.4 Å². The van der Waals surface area contributed by atoms with E-state index in [-0.39, 0.29) is 0 Å². The number of rotatable bonds is 5. The first-order chi connectivity index (χ1) is 11.3. The van der Waals surface area contributed by atoms with E-state index in [1.54, 1.807) is 11.3 Å². The summed E-state index contributed by atoms with van der Waals surface area (Å²) in [5.74, 6) is 0. The zero-order valence-electron chi connectivity index (χ0n) is 12.9. The Morgan fingerprint density at radius 1 is 0.870 bits per heavy atom. The number of nitrogens with one attached hydrogen (secondary N) is 1. The molecule has 1 heterocycles. The SMILES string of the molecule is C/C(=C\c1ccc(C=Nc2ccccc2)s1)Nc1ccccc1. The van der Waals surface area contributed by atoms with E-state index < -0.39 is 0 Å². The molecule has 2 aromatic carbocycles. The van der Waals surface area contributed by atoms with Gasteiger partial charge in [-0.2, -0.15) is 0 Å². The number of nitrogens with zero attached hydrogens (tertiary/aromatic N) is 1. The molecule has 0 saturated heterocycles. The number of thiophene rings is 1. The van der Waals surface area contributed by atoms with Crippen LogP contribution in [-0.4, -0.2) is 6.21 Å². The van der Waals surface area contributed by atoms with Crippen LogP contribution in [0.1, 0.15) is 16.7 Å². The third-order valence-corrected chi connectivity index (χ3v) is 4.19. The average Bonchev–Trinajstić information content (AvgIpc) is 3.02. The molecule has 0 spiro atoms. The molecule has 0 radical (unpaired) electrons. The summed E-state index contributed by atoms with van der Waals surface area (Å²) < 4.78 is 0. The second kappa shape index (κ2) is 7.56. The van der Waals surface area contributed by atoms with Crippen molar-refractivity contribution in [3.05, 3.63) is 88.2 Å². The standard InChI is InChI=1S/C20H18N2S/c1-16(22-18-10-6-3-7-11-18)14-19-12-13-20(23-19)15-21-17-8-4-2-5-9-17/h2-15,22H,1H3/b16-14+,21-15?. The fraction of sp³-hybridized carbons (Fsp3) is 0.0500. The van der Waals surface area contributed by atoms with Crippen molar-refractivity contribution in [3.8, 4) is 0 Å². The van der Waals surface area contributed by atoms with Gasteiger partial charge in [0, 0.05) is 27.4 Å².